The Morgan fingerprint density at radius 3 is 2.30 bits per heavy atom. The molecule has 0 atom stereocenters. The SMILES string of the molecule is CCCCCCCC(=O)C(=O)Oc1ccccc1S(=O)(=O)[O-].[Na+]. The summed E-state index contributed by atoms with van der Waals surface area (Å²) in [7, 11) is -4.77. The van der Waals surface area contributed by atoms with E-state index >= 15 is 0 Å². The van der Waals surface area contributed by atoms with E-state index in [1.165, 1.54) is 12.1 Å². The van der Waals surface area contributed by atoms with E-state index in [0.717, 1.165) is 37.8 Å². The van der Waals surface area contributed by atoms with E-state index in [-0.39, 0.29) is 36.0 Å². The molecule has 0 bridgehead atoms. The number of Topliss-reactive ketones (excluding diaryl/α,β-unsaturated/α-hetero) is 1. The van der Waals surface area contributed by atoms with Crippen LogP contribution in [0.1, 0.15) is 45.4 Å². The Bertz CT molecular complexity index is 627. The van der Waals surface area contributed by atoms with Gasteiger partial charge in [-0.05, 0) is 18.6 Å². The van der Waals surface area contributed by atoms with Crippen molar-refractivity contribution in [1.82, 2.24) is 0 Å². The van der Waals surface area contributed by atoms with Crippen LogP contribution in [-0.2, 0) is 19.7 Å². The van der Waals surface area contributed by atoms with Crippen molar-refractivity contribution in [2.45, 2.75) is 50.3 Å². The molecule has 0 saturated carbocycles. The molecule has 0 aliphatic rings. The number of para-hydroxylation sites is 1. The molecule has 0 radical (unpaired) electrons. The van der Waals surface area contributed by atoms with Gasteiger partial charge in [0, 0.05) is 6.42 Å². The van der Waals surface area contributed by atoms with Crippen LogP contribution in [0.25, 0.3) is 0 Å². The van der Waals surface area contributed by atoms with Crippen LogP contribution in [0.3, 0.4) is 0 Å². The van der Waals surface area contributed by atoms with Gasteiger partial charge in [0.1, 0.15) is 15.9 Å². The van der Waals surface area contributed by atoms with Crippen LogP contribution in [0.15, 0.2) is 29.2 Å². The molecule has 0 heterocycles. The number of hydrogen-bond acceptors (Lipinski definition) is 6. The Kier molecular flexibility index (Phi) is 10.6. The molecule has 1 aromatic carbocycles. The van der Waals surface area contributed by atoms with Crippen molar-refractivity contribution < 1.29 is 56.9 Å². The molecule has 0 amide bonds. The Labute approximate surface area is 158 Å². The van der Waals surface area contributed by atoms with Crippen molar-refractivity contribution in [3.63, 3.8) is 0 Å². The van der Waals surface area contributed by atoms with Gasteiger partial charge in [-0.3, -0.25) is 4.79 Å². The van der Waals surface area contributed by atoms with Crippen molar-refractivity contribution in [1.29, 1.82) is 0 Å². The van der Waals surface area contributed by atoms with E-state index in [1.54, 1.807) is 0 Å². The van der Waals surface area contributed by atoms with Crippen molar-refractivity contribution >= 4 is 21.9 Å². The summed E-state index contributed by atoms with van der Waals surface area (Å²) in [6.07, 6.45) is 4.63. The number of hydrogen-bond donors (Lipinski definition) is 0. The summed E-state index contributed by atoms with van der Waals surface area (Å²) in [5.41, 5.74) is 0. The van der Waals surface area contributed by atoms with Crippen LogP contribution in [-0.4, -0.2) is 24.7 Å². The van der Waals surface area contributed by atoms with Crippen LogP contribution in [0.2, 0.25) is 0 Å². The normalized spacial score (nSPS) is 10.7. The van der Waals surface area contributed by atoms with Gasteiger partial charge < -0.3 is 9.29 Å². The summed E-state index contributed by atoms with van der Waals surface area (Å²) in [5.74, 6) is -2.29. The van der Waals surface area contributed by atoms with Crippen molar-refractivity contribution in [2.24, 2.45) is 0 Å². The van der Waals surface area contributed by atoms with Gasteiger partial charge in [0.25, 0.3) is 0 Å². The van der Waals surface area contributed by atoms with Crippen LogP contribution in [0, 0.1) is 0 Å². The molecule has 1 aromatic rings. The minimum Gasteiger partial charge on any atom is -0.744 e. The maximum atomic E-state index is 11.6. The molecule has 0 aliphatic carbocycles. The van der Waals surface area contributed by atoms with Gasteiger partial charge in [-0.15, -0.1) is 0 Å². The Morgan fingerprint density at radius 1 is 1.09 bits per heavy atom. The molecule has 1 rings (SSSR count). The summed E-state index contributed by atoms with van der Waals surface area (Å²) in [6.45, 7) is 2.07. The average Bonchev–Trinajstić information content (AvgIpc) is 2.46. The van der Waals surface area contributed by atoms with Gasteiger partial charge in [0.2, 0.25) is 5.78 Å². The third-order valence-corrected chi connectivity index (χ3v) is 3.93. The second kappa shape index (κ2) is 10.9. The van der Waals surface area contributed by atoms with Crippen LogP contribution >= 0.6 is 0 Å². The molecular weight excluding hydrogens is 331 g/mol. The zero-order valence-corrected chi connectivity index (χ0v) is 16.2. The minimum absolute atomic E-state index is 0. The third-order valence-electron chi connectivity index (χ3n) is 3.06. The number of ether oxygens (including phenoxy) is 1. The molecule has 122 valence electrons. The molecule has 8 heteroatoms. The molecule has 0 saturated heterocycles. The number of ketones is 1. The smallest absolute Gasteiger partial charge is 0.744 e. The van der Waals surface area contributed by atoms with E-state index in [1.807, 2.05) is 0 Å². The van der Waals surface area contributed by atoms with Crippen LogP contribution in [0.4, 0.5) is 0 Å². The number of carbonyl (C=O) groups excluding carboxylic acids is 2. The molecule has 0 unspecified atom stereocenters. The number of rotatable bonds is 9. The van der Waals surface area contributed by atoms with Crippen LogP contribution < -0.4 is 34.3 Å². The molecule has 23 heavy (non-hydrogen) atoms. The number of benzene rings is 1. The van der Waals surface area contributed by atoms with E-state index in [0.29, 0.717) is 6.42 Å². The van der Waals surface area contributed by atoms with Gasteiger partial charge in [0.05, 0.1) is 4.90 Å². The molecule has 0 aliphatic heterocycles. The van der Waals surface area contributed by atoms with Crippen LogP contribution in [0.5, 0.6) is 5.75 Å². The summed E-state index contributed by atoms with van der Waals surface area (Å²) in [5, 5.41) is 0. The van der Waals surface area contributed by atoms with Gasteiger partial charge in [-0.1, -0.05) is 44.7 Å². The van der Waals surface area contributed by atoms with Gasteiger partial charge in [0.15, 0.2) is 0 Å². The first-order chi connectivity index (χ1) is 10.4. The third kappa shape index (κ3) is 8.08. The second-order valence-electron chi connectivity index (χ2n) is 4.88. The first-order valence-electron chi connectivity index (χ1n) is 7.16. The standard InChI is InChI=1S/C15H20O6S.Na/c1-2-3-4-5-6-9-12(16)15(17)21-13-10-7-8-11-14(13)22(18,19)20;/h7-8,10-11H,2-6,9H2,1H3,(H,18,19,20);/q;+1/p-1. The average molecular weight is 350 g/mol. The molecule has 0 fully saturated rings. The Hall–Kier alpha value is -0.730. The topological polar surface area (TPSA) is 101 Å². The van der Waals surface area contributed by atoms with E-state index in [2.05, 4.69) is 6.92 Å². The van der Waals surface area contributed by atoms with E-state index in [9.17, 15) is 22.6 Å². The Morgan fingerprint density at radius 2 is 1.70 bits per heavy atom. The summed E-state index contributed by atoms with van der Waals surface area (Å²) < 4.78 is 37.9. The fraction of sp³-hybridized carbons (Fsp3) is 0.467. The quantitative estimate of drug-likeness (QED) is 0.148. The molecule has 0 N–H and O–H groups in total. The first kappa shape index (κ1) is 22.3. The fourth-order valence-electron chi connectivity index (χ4n) is 1.89. The largest absolute Gasteiger partial charge is 1.00 e. The predicted octanol–water partition coefficient (Wildman–Crippen LogP) is -0.570. The predicted molar refractivity (Wildman–Crippen MR) is 78.4 cm³/mol. The summed E-state index contributed by atoms with van der Waals surface area (Å²) in [6, 6.07) is 4.93. The second-order valence-corrected chi connectivity index (χ2v) is 6.23. The maximum Gasteiger partial charge on any atom is 1.00 e. The molecule has 0 aromatic heterocycles. The number of unbranched alkanes of at least 4 members (excludes halogenated alkanes) is 4. The van der Waals surface area contributed by atoms with Gasteiger partial charge >= 0.3 is 35.5 Å². The Balaban J connectivity index is 0.00000484. The van der Waals surface area contributed by atoms with Crippen molar-refractivity contribution in [2.75, 3.05) is 0 Å². The summed E-state index contributed by atoms with van der Waals surface area (Å²) >= 11 is 0. The van der Waals surface area contributed by atoms with Gasteiger partial charge in [-0.25, -0.2) is 13.2 Å². The summed E-state index contributed by atoms with van der Waals surface area (Å²) in [4.78, 5) is 22.6. The zero-order chi connectivity index (χ0) is 16.6. The maximum absolute atomic E-state index is 11.6. The monoisotopic (exact) mass is 350 g/mol. The van der Waals surface area contributed by atoms with E-state index in [4.69, 9.17) is 4.74 Å². The molecule has 0 spiro atoms. The van der Waals surface area contributed by atoms with E-state index < -0.39 is 32.5 Å². The minimum atomic E-state index is -4.77. The number of esters is 1. The molecular formula is C15H19NaO6S. The molecule has 6 nitrogen and oxygen atoms in total. The first-order valence-corrected chi connectivity index (χ1v) is 8.57. The number of carbonyl (C=O) groups is 2. The van der Waals surface area contributed by atoms with Crippen molar-refractivity contribution in [3.8, 4) is 5.75 Å². The zero-order valence-electron chi connectivity index (χ0n) is 13.4. The van der Waals surface area contributed by atoms with Crippen molar-refractivity contribution in [3.05, 3.63) is 24.3 Å². The van der Waals surface area contributed by atoms with Gasteiger partial charge in [-0.2, -0.15) is 0 Å². The fourth-order valence-corrected chi connectivity index (χ4v) is 2.49.